The minimum Gasteiger partial charge on any atom is -0.431 e. The van der Waals surface area contributed by atoms with E-state index in [1.54, 1.807) is 0 Å². The van der Waals surface area contributed by atoms with Gasteiger partial charge in [0.15, 0.2) is 5.58 Å². The van der Waals surface area contributed by atoms with Crippen LogP contribution in [-0.2, 0) is 6.54 Å². The van der Waals surface area contributed by atoms with Crippen LogP contribution in [0.5, 0.6) is 0 Å². The van der Waals surface area contributed by atoms with Crippen LogP contribution in [-0.4, -0.2) is 4.98 Å². The van der Waals surface area contributed by atoms with Crippen LogP contribution in [0.4, 0.5) is 0 Å². The van der Waals surface area contributed by atoms with E-state index in [-0.39, 0.29) is 0 Å². The third kappa shape index (κ3) is 2.50. The van der Waals surface area contributed by atoms with Gasteiger partial charge in [-0.25, -0.2) is 4.98 Å². The smallest absolute Gasteiger partial charge is 0.261 e. The molecule has 19 heavy (non-hydrogen) atoms. The molecule has 3 rings (SSSR count). The maximum absolute atomic E-state index is 5.78. The summed E-state index contributed by atoms with van der Waals surface area (Å²) in [7, 11) is 0. The monoisotopic (exact) mass is 270 g/mol. The van der Waals surface area contributed by atoms with Crippen LogP contribution in [0.3, 0.4) is 0 Å². The Morgan fingerprint density at radius 3 is 2.84 bits per heavy atom. The maximum atomic E-state index is 5.78. The highest BCUT2D eigenvalue weighted by molar-refractivity contribution is 7.99. The van der Waals surface area contributed by atoms with E-state index in [0.717, 1.165) is 21.6 Å². The average Bonchev–Trinajstić information content (AvgIpc) is 2.83. The molecule has 0 spiro atoms. The first-order valence-electron chi connectivity index (χ1n) is 6.09. The fourth-order valence-corrected chi connectivity index (χ4v) is 2.83. The predicted molar refractivity (Wildman–Crippen MR) is 77.2 cm³/mol. The number of aromatic nitrogens is 1. The summed E-state index contributed by atoms with van der Waals surface area (Å²) in [6, 6.07) is 14.0. The topological polar surface area (TPSA) is 52.0 Å². The SMILES string of the molecule is Cc1ccc(Sc2nc3ccccc3o2)c(CN)c1. The van der Waals surface area contributed by atoms with Gasteiger partial charge < -0.3 is 10.2 Å². The quantitative estimate of drug-likeness (QED) is 0.787. The molecule has 0 saturated carbocycles. The number of nitrogens with two attached hydrogens (primary N) is 1. The summed E-state index contributed by atoms with van der Waals surface area (Å²) in [5.74, 6) is 0. The lowest BCUT2D eigenvalue weighted by Crippen LogP contribution is -1.98. The van der Waals surface area contributed by atoms with Crippen molar-refractivity contribution in [3.8, 4) is 0 Å². The highest BCUT2D eigenvalue weighted by Crippen LogP contribution is 2.32. The van der Waals surface area contributed by atoms with Gasteiger partial charge in [0, 0.05) is 11.4 Å². The third-order valence-corrected chi connectivity index (χ3v) is 3.87. The lowest BCUT2D eigenvalue weighted by Gasteiger charge is -2.05. The van der Waals surface area contributed by atoms with Crippen LogP contribution >= 0.6 is 11.8 Å². The fourth-order valence-electron chi connectivity index (χ4n) is 1.96. The minimum atomic E-state index is 0.518. The number of rotatable bonds is 3. The number of fused-ring (bicyclic) bond motifs is 1. The summed E-state index contributed by atoms with van der Waals surface area (Å²) < 4.78 is 5.71. The molecule has 2 aromatic carbocycles. The van der Waals surface area contributed by atoms with Crippen LogP contribution < -0.4 is 5.73 Å². The molecule has 96 valence electrons. The van der Waals surface area contributed by atoms with E-state index in [0.29, 0.717) is 11.8 Å². The maximum Gasteiger partial charge on any atom is 0.261 e. The van der Waals surface area contributed by atoms with Crippen molar-refractivity contribution in [2.75, 3.05) is 0 Å². The van der Waals surface area contributed by atoms with Crippen molar-refractivity contribution in [1.82, 2.24) is 4.98 Å². The summed E-state index contributed by atoms with van der Waals surface area (Å²) >= 11 is 1.52. The lowest BCUT2D eigenvalue weighted by atomic mass is 10.1. The van der Waals surface area contributed by atoms with Gasteiger partial charge >= 0.3 is 0 Å². The average molecular weight is 270 g/mol. The van der Waals surface area contributed by atoms with Gasteiger partial charge in [0.1, 0.15) is 5.52 Å². The molecule has 3 nitrogen and oxygen atoms in total. The molecule has 3 aromatic rings. The van der Waals surface area contributed by atoms with E-state index < -0.39 is 0 Å². The number of benzene rings is 2. The van der Waals surface area contributed by atoms with Gasteiger partial charge in [-0.2, -0.15) is 0 Å². The van der Waals surface area contributed by atoms with E-state index >= 15 is 0 Å². The molecule has 0 bridgehead atoms. The van der Waals surface area contributed by atoms with Crippen molar-refractivity contribution in [3.05, 3.63) is 53.6 Å². The van der Waals surface area contributed by atoms with Crippen LogP contribution in [0.1, 0.15) is 11.1 Å². The van der Waals surface area contributed by atoms with E-state index in [9.17, 15) is 0 Å². The van der Waals surface area contributed by atoms with Gasteiger partial charge in [-0.05, 0) is 42.4 Å². The normalized spacial score (nSPS) is 11.1. The van der Waals surface area contributed by atoms with Crippen LogP contribution in [0.25, 0.3) is 11.1 Å². The molecule has 0 fully saturated rings. The predicted octanol–water partition coefficient (Wildman–Crippen LogP) is 3.75. The van der Waals surface area contributed by atoms with Crippen molar-refractivity contribution < 1.29 is 4.42 Å². The molecular weight excluding hydrogens is 256 g/mol. The second kappa shape index (κ2) is 5.07. The first-order valence-corrected chi connectivity index (χ1v) is 6.91. The van der Waals surface area contributed by atoms with E-state index in [1.165, 1.54) is 17.3 Å². The van der Waals surface area contributed by atoms with Gasteiger partial charge in [-0.1, -0.05) is 29.8 Å². The van der Waals surface area contributed by atoms with Crippen molar-refractivity contribution in [1.29, 1.82) is 0 Å². The summed E-state index contributed by atoms with van der Waals surface area (Å²) in [4.78, 5) is 5.56. The minimum absolute atomic E-state index is 0.518. The van der Waals surface area contributed by atoms with Crippen molar-refractivity contribution in [2.24, 2.45) is 5.73 Å². The highest BCUT2D eigenvalue weighted by Gasteiger charge is 2.09. The van der Waals surface area contributed by atoms with Crippen LogP contribution in [0.15, 0.2) is 57.0 Å². The molecule has 4 heteroatoms. The number of hydrogen-bond donors (Lipinski definition) is 1. The number of aryl methyl sites for hydroxylation is 1. The first kappa shape index (κ1) is 12.3. The van der Waals surface area contributed by atoms with Crippen molar-refractivity contribution in [3.63, 3.8) is 0 Å². The summed E-state index contributed by atoms with van der Waals surface area (Å²) in [5, 5.41) is 0.653. The third-order valence-electron chi connectivity index (χ3n) is 2.91. The summed E-state index contributed by atoms with van der Waals surface area (Å²) in [6.45, 7) is 2.58. The molecule has 0 aliphatic rings. The zero-order valence-corrected chi connectivity index (χ0v) is 11.4. The van der Waals surface area contributed by atoms with Gasteiger partial charge in [0.2, 0.25) is 0 Å². The molecule has 1 aromatic heterocycles. The second-order valence-corrected chi connectivity index (χ2v) is 5.36. The Hall–Kier alpha value is -1.78. The van der Waals surface area contributed by atoms with Crippen LogP contribution in [0, 0.1) is 6.92 Å². The fraction of sp³-hybridized carbons (Fsp3) is 0.133. The summed E-state index contributed by atoms with van der Waals surface area (Å²) in [5.41, 5.74) is 9.80. The number of para-hydroxylation sites is 2. The molecule has 0 atom stereocenters. The van der Waals surface area contributed by atoms with Gasteiger partial charge in [-0.15, -0.1) is 0 Å². The second-order valence-electron chi connectivity index (χ2n) is 4.36. The van der Waals surface area contributed by atoms with Crippen molar-refractivity contribution in [2.45, 2.75) is 23.6 Å². The van der Waals surface area contributed by atoms with E-state index in [1.807, 2.05) is 24.3 Å². The van der Waals surface area contributed by atoms with Gasteiger partial charge in [0.05, 0.1) is 0 Å². The number of oxazole rings is 1. The zero-order chi connectivity index (χ0) is 13.2. The molecule has 2 N–H and O–H groups in total. The molecule has 0 aliphatic carbocycles. The van der Waals surface area contributed by atoms with Crippen molar-refractivity contribution >= 4 is 22.9 Å². The molecule has 0 amide bonds. The zero-order valence-electron chi connectivity index (χ0n) is 10.6. The standard InChI is InChI=1S/C15H14N2OS/c1-10-6-7-14(11(8-10)9-16)19-15-17-12-4-2-3-5-13(12)18-15/h2-8H,9,16H2,1H3. The van der Waals surface area contributed by atoms with Gasteiger partial charge in [0.25, 0.3) is 5.22 Å². The molecular formula is C15H14N2OS. The Labute approximate surface area is 115 Å². The Kier molecular flexibility index (Phi) is 3.27. The Morgan fingerprint density at radius 1 is 1.21 bits per heavy atom. The largest absolute Gasteiger partial charge is 0.431 e. The number of nitrogens with zero attached hydrogens (tertiary/aromatic N) is 1. The van der Waals surface area contributed by atoms with Crippen LogP contribution in [0.2, 0.25) is 0 Å². The highest BCUT2D eigenvalue weighted by atomic mass is 32.2. The summed E-state index contributed by atoms with van der Waals surface area (Å²) in [6.07, 6.45) is 0. The Morgan fingerprint density at radius 2 is 2.05 bits per heavy atom. The molecule has 0 radical (unpaired) electrons. The lowest BCUT2D eigenvalue weighted by molar-refractivity contribution is 0.489. The number of hydrogen-bond acceptors (Lipinski definition) is 4. The first-order chi connectivity index (χ1) is 9.26. The Balaban J connectivity index is 1.96. The molecule has 1 heterocycles. The van der Waals surface area contributed by atoms with E-state index in [4.69, 9.17) is 10.2 Å². The molecule has 0 aliphatic heterocycles. The molecule has 0 unspecified atom stereocenters. The van der Waals surface area contributed by atoms with Gasteiger partial charge in [-0.3, -0.25) is 0 Å². The molecule has 0 saturated heterocycles. The Bertz CT molecular complexity index is 688. The van der Waals surface area contributed by atoms with E-state index in [2.05, 4.69) is 30.1 Å².